The Morgan fingerprint density at radius 3 is 2.48 bits per heavy atom. The monoisotopic (exact) mass is 366 g/mol. The molecule has 0 aliphatic carbocycles. The highest BCUT2D eigenvalue weighted by atomic mass is 16.5. The quantitative estimate of drug-likeness (QED) is 0.744. The fourth-order valence-electron chi connectivity index (χ4n) is 3.25. The van der Waals surface area contributed by atoms with E-state index in [-0.39, 0.29) is 0 Å². The van der Waals surface area contributed by atoms with Gasteiger partial charge in [0.1, 0.15) is 11.5 Å². The minimum Gasteiger partial charge on any atom is -0.506 e. The third-order valence-corrected chi connectivity index (χ3v) is 4.76. The molecule has 1 N–H and O–H groups in total. The van der Waals surface area contributed by atoms with Crippen molar-refractivity contribution in [2.24, 2.45) is 0 Å². The number of benzene rings is 2. The number of phenols is 1. The summed E-state index contributed by atoms with van der Waals surface area (Å²) in [6.45, 7) is 4.09. The molecule has 0 radical (unpaired) electrons. The van der Waals surface area contributed by atoms with Crippen LogP contribution in [0.3, 0.4) is 0 Å². The van der Waals surface area contributed by atoms with Gasteiger partial charge in [-0.05, 0) is 36.4 Å². The van der Waals surface area contributed by atoms with Gasteiger partial charge in [0.05, 0.1) is 19.3 Å². The SMILES string of the molecule is COc1ccc(-c2nc(CN3CCN(c4ccccc4O)CC3)no2)cc1. The van der Waals surface area contributed by atoms with Crippen LogP contribution in [0.15, 0.2) is 53.1 Å². The van der Waals surface area contributed by atoms with Gasteiger partial charge in [-0.15, -0.1) is 0 Å². The molecule has 27 heavy (non-hydrogen) atoms. The van der Waals surface area contributed by atoms with Crippen LogP contribution in [0, 0.1) is 0 Å². The Labute approximate surface area is 157 Å². The van der Waals surface area contributed by atoms with Gasteiger partial charge in [-0.25, -0.2) is 0 Å². The topological polar surface area (TPSA) is 74.9 Å². The number of para-hydroxylation sites is 2. The summed E-state index contributed by atoms with van der Waals surface area (Å²) in [7, 11) is 1.64. The van der Waals surface area contributed by atoms with E-state index in [9.17, 15) is 5.11 Å². The first kappa shape index (κ1) is 17.4. The Kier molecular flexibility index (Phi) is 4.93. The summed E-state index contributed by atoms with van der Waals surface area (Å²) < 4.78 is 10.6. The van der Waals surface area contributed by atoms with E-state index in [1.54, 1.807) is 13.2 Å². The lowest BCUT2D eigenvalue weighted by molar-refractivity contribution is 0.240. The number of hydrogen-bond donors (Lipinski definition) is 1. The third-order valence-electron chi connectivity index (χ3n) is 4.76. The summed E-state index contributed by atoms with van der Waals surface area (Å²) in [5.74, 6) is 2.31. The minimum atomic E-state index is 0.327. The molecular weight excluding hydrogens is 344 g/mol. The average molecular weight is 366 g/mol. The van der Waals surface area contributed by atoms with Crippen LogP contribution in [-0.2, 0) is 6.54 Å². The molecule has 0 bridgehead atoms. The molecule has 7 nitrogen and oxygen atoms in total. The molecule has 0 atom stereocenters. The predicted molar refractivity (Wildman–Crippen MR) is 102 cm³/mol. The molecule has 0 unspecified atom stereocenters. The van der Waals surface area contributed by atoms with E-state index in [1.807, 2.05) is 42.5 Å². The standard InChI is InChI=1S/C20H22N4O3/c1-26-16-8-6-15(7-9-16)20-21-19(22-27-20)14-23-10-12-24(13-11-23)17-4-2-3-5-18(17)25/h2-9,25H,10-14H2,1H3. The number of aromatic hydroxyl groups is 1. The maximum Gasteiger partial charge on any atom is 0.257 e. The van der Waals surface area contributed by atoms with Gasteiger partial charge in [-0.1, -0.05) is 17.3 Å². The van der Waals surface area contributed by atoms with Crippen molar-refractivity contribution in [2.75, 3.05) is 38.2 Å². The number of piperazine rings is 1. The molecule has 4 rings (SSSR count). The molecule has 0 saturated carbocycles. The lowest BCUT2D eigenvalue weighted by Crippen LogP contribution is -2.46. The average Bonchev–Trinajstić information content (AvgIpc) is 3.18. The van der Waals surface area contributed by atoms with Crippen LogP contribution in [0.25, 0.3) is 11.5 Å². The van der Waals surface area contributed by atoms with Crippen LogP contribution in [0.4, 0.5) is 5.69 Å². The number of nitrogens with zero attached hydrogens (tertiary/aromatic N) is 4. The van der Waals surface area contributed by atoms with Gasteiger partial charge in [0.2, 0.25) is 0 Å². The zero-order valence-corrected chi connectivity index (χ0v) is 15.2. The summed E-state index contributed by atoms with van der Waals surface area (Å²) in [6.07, 6.45) is 0. The number of aromatic nitrogens is 2. The van der Waals surface area contributed by atoms with E-state index in [2.05, 4.69) is 19.9 Å². The summed E-state index contributed by atoms with van der Waals surface area (Å²) in [4.78, 5) is 9.00. The zero-order chi connectivity index (χ0) is 18.6. The van der Waals surface area contributed by atoms with Crippen LogP contribution in [0.5, 0.6) is 11.5 Å². The summed E-state index contributed by atoms with van der Waals surface area (Å²) in [5, 5.41) is 14.1. The number of anilines is 1. The molecule has 3 aromatic rings. The lowest BCUT2D eigenvalue weighted by Gasteiger charge is -2.35. The summed E-state index contributed by atoms with van der Waals surface area (Å²) in [6, 6.07) is 15.0. The number of ether oxygens (including phenoxy) is 1. The molecule has 2 aromatic carbocycles. The van der Waals surface area contributed by atoms with Crippen LogP contribution in [0.2, 0.25) is 0 Å². The maximum absolute atomic E-state index is 10.0. The van der Waals surface area contributed by atoms with E-state index in [0.717, 1.165) is 43.2 Å². The number of rotatable bonds is 5. The Morgan fingerprint density at radius 2 is 1.78 bits per heavy atom. The Morgan fingerprint density at radius 1 is 1.04 bits per heavy atom. The Hall–Kier alpha value is -3.06. The Bertz CT molecular complexity index is 886. The van der Waals surface area contributed by atoms with E-state index in [1.165, 1.54) is 0 Å². The van der Waals surface area contributed by atoms with Gasteiger partial charge in [-0.2, -0.15) is 4.98 Å². The van der Waals surface area contributed by atoms with Crippen LogP contribution >= 0.6 is 0 Å². The fourth-order valence-corrected chi connectivity index (χ4v) is 3.25. The summed E-state index contributed by atoms with van der Waals surface area (Å²) in [5.41, 5.74) is 1.76. The molecule has 1 saturated heterocycles. The highest BCUT2D eigenvalue weighted by Gasteiger charge is 2.21. The first-order valence-corrected chi connectivity index (χ1v) is 8.95. The fraction of sp³-hybridized carbons (Fsp3) is 0.300. The second-order valence-corrected chi connectivity index (χ2v) is 6.50. The number of phenolic OH excluding ortho intramolecular Hbond substituents is 1. The molecule has 1 fully saturated rings. The molecule has 1 aromatic heterocycles. The molecule has 0 spiro atoms. The van der Waals surface area contributed by atoms with Crippen molar-refractivity contribution < 1.29 is 14.4 Å². The highest BCUT2D eigenvalue weighted by molar-refractivity contribution is 5.58. The first-order chi connectivity index (χ1) is 13.2. The van der Waals surface area contributed by atoms with Crippen molar-refractivity contribution in [1.82, 2.24) is 15.0 Å². The van der Waals surface area contributed by atoms with E-state index >= 15 is 0 Å². The second kappa shape index (κ2) is 7.67. The van der Waals surface area contributed by atoms with Gasteiger partial charge in [-0.3, -0.25) is 4.90 Å². The van der Waals surface area contributed by atoms with Crippen molar-refractivity contribution in [3.63, 3.8) is 0 Å². The Balaban J connectivity index is 1.35. The molecule has 7 heteroatoms. The molecule has 0 amide bonds. The van der Waals surface area contributed by atoms with E-state index in [0.29, 0.717) is 24.0 Å². The second-order valence-electron chi connectivity index (χ2n) is 6.50. The van der Waals surface area contributed by atoms with Crippen LogP contribution < -0.4 is 9.64 Å². The molecule has 1 aliphatic heterocycles. The lowest BCUT2D eigenvalue weighted by atomic mass is 10.2. The van der Waals surface area contributed by atoms with Crippen molar-refractivity contribution in [3.05, 3.63) is 54.4 Å². The van der Waals surface area contributed by atoms with Gasteiger partial charge in [0.25, 0.3) is 5.89 Å². The van der Waals surface area contributed by atoms with Crippen LogP contribution in [0.1, 0.15) is 5.82 Å². The summed E-state index contributed by atoms with van der Waals surface area (Å²) >= 11 is 0. The number of methoxy groups -OCH3 is 1. The maximum atomic E-state index is 10.0. The highest BCUT2D eigenvalue weighted by Crippen LogP contribution is 2.27. The normalized spacial score (nSPS) is 15.1. The van der Waals surface area contributed by atoms with Crippen molar-refractivity contribution >= 4 is 5.69 Å². The zero-order valence-electron chi connectivity index (χ0n) is 15.2. The van der Waals surface area contributed by atoms with Gasteiger partial charge in [0.15, 0.2) is 5.82 Å². The minimum absolute atomic E-state index is 0.327. The predicted octanol–water partition coefficient (Wildman–Crippen LogP) is 2.77. The van der Waals surface area contributed by atoms with Gasteiger partial charge < -0.3 is 19.3 Å². The smallest absolute Gasteiger partial charge is 0.257 e. The molecule has 140 valence electrons. The van der Waals surface area contributed by atoms with Gasteiger partial charge >= 0.3 is 0 Å². The van der Waals surface area contributed by atoms with E-state index < -0.39 is 0 Å². The largest absolute Gasteiger partial charge is 0.506 e. The van der Waals surface area contributed by atoms with Gasteiger partial charge in [0, 0.05) is 31.7 Å². The number of hydrogen-bond acceptors (Lipinski definition) is 7. The van der Waals surface area contributed by atoms with Crippen molar-refractivity contribution in [1.29, 1.82) is 0 Å². The molecule has 2 heterocycles. The first-order valence-electron chi connectivity index (χ1n) is 8.95. The van der Waals surface area contributed by atoms with Crippen LogP contribution in [-0.4, -0.2) is 53.4 Å². The third kappa shape index (κ3) is 3.88. The van der Waals surface area contributed by atoms with Crippen molar-refractivity contribution in [3.8, 4) is 23.0 Å². The van der Waals surface area contributed by atoms with E-state index in [4.69, 9.17) is 9.26 Å². The molecular formula is C20H22N4O3. The van der Waals surface area contributed by atoms with Crippen molar-refractivity contribution in [2.45, 2.75) is 6.54 Å². The molecule has 1 aliphatic rings.